The van der Waals surface area contributed by atoms with Crippen LogP contribution in [-0.4, -0.2) is 55.4 Å². The quantitative estimate of drug-likeness (QED) is 0.564. The fourth-order valence-corrected chi connectivity index (χ4v) is 2.48. The Balaban J connectivity index is 2.10. The van der Waals surface area contributed by atoms with Gasteiger partial charge in [-0.05, 0) is 45.3 Å². The van der Waals surface area contributed by atoms with Gasteiger partial charge >= 0.3 is 0 Å². The number of ether oxygens (including phenoxy) is 1. The van der Waals surface area contributed by atoms with Gasteiger partial charge in [0.15, 0.2) is 5.11 Å². The number of hydrogen-bond acceptors (Lipinski definition) is 3. The van der Waals surface area contributed by atoms with Crippen molar-refractivity contribution in [3.63, 3.8) is 0 Å². The lowest BCUT2D eigenvalue weighted by atomic mass is 10.0. The summed E-state index contributed by atoms with van der Waals surface area (Å²) in [6.07, 6.45) is 3.35. The van der Waals surface area contributed by atoms with Crippen LogP contribution in [0.4, 0.5) is 0 Å². The molecule has 106 valence electrons. The van der Waals surface area contributed by atoms with Gasteiger partial charge in [-0.3, -0.25) is 0 Å². The Morgan fingerprint density at radius 3 is 2.61 bits per heavy atom. The van der Waals surface area contributed by atoms with E-state index in [1.807, 2.05) is 0 Å². The number of likely N-dealkylation sites (tertiary alicyclic amines) is 1. The van der Waals surface area contributed by atoms with E-state index >= 15 is 0 Å². The van der Waals surface area contributed by atoms with Crippen LogP contribution in [0, 0.1) is 0 Å². The average molecular weight is 273 g/mol. The average Bonchev–Trinajstić information content (AvgIpc) is 2.35. The second-order valence-corrected chi connectivity index (χ2v) is 5.56. The zero-order valence-electron chi connectivity index (χ0n) is 11.9. The van der Waals surface area contributed by atoms with Crippen LogP contribution >= 0.6 is 12.2 Å². The Bertz CT molecular complexity index is 240. The third kappa shape index (κ3) is 5.98. The van der Waals surface area contributed by atoms with Gasteiger partial charge in [0.2, 0.25) is 0 Å². The lowest BCUT2D eigenvalue weighted by Crippen LogP contribution is -2.49. The van der Waals surface area contributed by atoms with Crippen molar-refractivity contribution in [1.29, 1.82) is 0 Å². The molecule has 0 atom stereocenters. The molecule has 0 aliphatic carbocycles. The molecule has 1 rings (SSSR count). The van der Waals surface area contributed by atoms with Crippen LogP contribution in [0.3, 0.4) is 0 Å². The van der Waals surface area contributed by atoms with E-state index in [9.17, 15) is 0 Å². The molecule has 1 aliphatic rings. The summed E-state index contributed by atoms with van der Waals surface area (Å²) in [6.45, 7) is 8.52. The topological polar surface area (TPSA) is 36.5 Å². The second kappa shape index (κ2) is 8.67. The molecule has 0 aromatic carbocycles. The van der Waals surface area contributed by atoms with E-state index in [0.717, 1.165) is 24.7 Å². The first-order chi connectivity index (χ1) is 8.63. The molecule has 0 unspecified atom stereocenters. The molecule has 1 aliphatic heterocycles. The largest absolute Gasteiger partial charge is 0.385 e. The van der Waals surface area contributed by atoms with Crippen molar-refractivity contribution in [3.05, 3.63) is 0 Å². The number of nitrogens with zero attached hydrogens (tertiary/aromatic N) is 1. The highest BCUT2D eigenvalue weighted by molar-refractivity contribution is 7.80. The maximum absolute atomic E-state index is 5.29. The first-order valence-electron chi connectivity index (χ1n) is 6.91. The Kier molecular flexibility index (Phi) is 7.54. The summed E-state index contributed by atoms with van der Waals surface area (Å²) >= 11 is 5.29. The minimum Gasteiger partial charge on any atom is -0.385 e. The van der Waals surface area contributed by atoms with Crippen molar-refractivity contribution in [3.8, 4) is 0 Å². The van der Waals surface area contributed by atoms with Gasteiger partial charge in [-0.15, -0.1) is 0 Å². The van der Waals surface area contributed by atoms with Crippen molar-refractivity contribution in [2.75, 3.05) is 33.4 Å². The minimum absolute atomic E-state index is 0.530. The third-order valence-corrected chi connectivity index (χ3v) is 3.67. The van der Waals surface area contributed by atoms with E-state index in [4.69, 9.17) is 17.0 Å². The monoisotopic (exact) mass is 273 g/mol. The maximum atomic E-state index is 5.29. The molecule has 0 amide bonds. The van der Waals surface area contributed by atoms with Crippen LogP contribution < -0.4 is 10.6 Å². The number of methoxy groups -OCH3 is 1. The molecule has 4 nitrogen and oxygen atoms in total. The van der Waals surface area contributed by atoms with Crippen molar-refractivity contribution in [2.45, 2.75) is 45.2 Å². The molecule has 2 N–H and O–H groups in total. The van der Waals surface area contributed by atoms with Crippen molar-refractivity contribution >= 4 is 17.3 Å². The Labute approximate surface area is 116 Å². The van der Waals surface area contributed by atoms with E-state index in [1.165, 1.54) is 25.9 Å². The van der Waals surface area contributed by atoms with Gasteiger partial charge in [-0.2, -0.15) is 0 Å². The summed E-state index contributed by atoms with van der Waals surface area (Å²) in [6, 6.07) is 1.19. The summed E-state index contributed by atoms with van der Waals surface area (Å²) in [4.78, 5) is 2.52. The van der Waals surface area contributed by atoms with Crippen LogP contribution in [0.2, 0.25) is 0 Å². The summed E-state index contributed by atoms with van der Waals surface area (Å²) in [7, 11) is 1.72. The number of nitrogens with one attached hydrogen (secondary N) is 2. The summed E-state index contributed by atoms with van der Waals surface area (Å²) in [5.74, 6) is 0. The number of piperidine rings is 1. The van der Waals surface area contributed by atoms with E-state index in [0.29, 0.717) is 12.1 Å². The number of hydrogen-bond donors (Lipinski definition) is 2. The van der Waals surface area contributed by atoms with E-state index in [2.05, 4.69) is 29.4 Å². The van der Waals surface area contributed by atoms with E-state index in [1.54, 1.807) is 7.11 Å². The van der Waals surface area contributed by atoms with Crippen molar-refractivity contribution in [2.24, 2.45) is 0 Å². The first kappa shape index (κ1) is 15.7. The molecule has 0 aromatic heterocycles. The Morgan fingerprint density at radius 1 is 1.39 bits per heavy atom. The Morgan fingerprint density at radius 2 is 2.06 bits per heavy atom. The predicted octanol–water partition coefficient (Wildman–Crippen LogP) is 1.36. The van der Waals surface area contributed by atoms with Gasteiger partial charge in [0, 0.05) is 45.4 Å². The zero-order valence-corrected chi connectivity index (χ0v) is 12.7. The molecule has 5 heteroatoms. The minimum atomic E-state index is 0.530. The lowest BCUT2D eigenvalue weighted by Gasteiger charge is -2.35. The lowest BCUT2D eigenvalue weighted by molar-refractivity contribution is 0.167. The zero-order chi connectivity index (χ0) is 13.4. The highest BCUT2D eigenvalue weighted by atomic mass is 32.1. The van der Waals surface area contributed by atoms with Crippen LogP contribution in [0.15, 0.2) is 0 Å². The van der Waals surface area contributed by atoms with Gasteiger partial charge in [0.1, 0.15) is 0 Å². The molecule has 0 aromatic rings. The number of rotatable bonds is 6. The molecule has 0 radical (unpaired) electrons. The fourth-order valence-electron chi connectivity index (χ4n) is 2.22. The molecule has 0 saturated carbocycles. The molecule has 18 heavy (non-hydrogen) atoms. The normalized spacial score (nSPS) is 18.0. The van der Waals surface area contributed by atoms with Crippen LogP contribution in [0.5, 0.6) is 0 Å². The van der Waals surface area contributed by atoms with Gasteiger partial charge in [-0.1, -0.05) is 0 Å². The summed E-state index contributed by atoms with van der Waals surface area (Å²) in [5, 5.41) is 7.42. The molecular formula is C13H27N3OS. The van der Waals surface area contributed by atoms with Gasteiger partial charge < -0.3 is 20.3 Å². The van der Waals surface area contributed by atoms with Gasteiger partial charge in [0.05, 0.1) is 0 Å². The van der Waals surface area contributed by atoms with Crippen molar-refractivity contribution in [1.82, 2.24) is 15.5 Å². The highest BCUT2D eigenvalue weighted by Crippen LogP contribution is 2.12. The highest BCUT2D eigenvalue weighted by Gasteiger charge is 2.20. The first-order valence-corrected chi connectivity index (χ1v) is 7.31. The summed E-state index contributed by atoms with van der Waals surface area (Å²) in [5.41, 5.74) is 0. The SMILES string of the molecule is COCCCNC(=S)NC1CCN(C(C)C)CC1. The summed E-state index contributed by atoms with van der Waals surface area (Å²) < 4.78 is 5.00. The molecular weight excluding hydrogens is 246 g/mol. The molecule has 1 fully saturated rings. The maximum Gasteiger partial charge on any atom is 0.166 e. The standard InChI is InChI=1S/C13H27N3OS/c1-11(2)16-8-5-12(6-9-16)15-13(18)14-7-4-10-17-3/h11-12H,4-10H2,1-3H3,(H2,14,15,18). The number of thiocarbonyl (C=S) groups is 1. The van der Waals surface area contributed by atoms with Gasteiger partial charge in [0.25, 0.3) is 0 Å². The van der Waals surface area contributed by atoms with Crippen LogP contribution in [0.25, 0.3) is 0 Å². The van der Waals surface area contributed by atoms with E-state index < -0.39 is 0 Å². The van der Waals surface area contributed by atoms with Gasteiger partial charge in [-0.25, -0.2) is 0 Å². The molecule has 0 spiro atoms. The fraction of sp³-hybridized carbons (Fsp3) is 0.923. The van der Waals surface area contributed by atoms with E-state index in [-0.39, 0.29) is 0 Å². The predicted molar refractivity (Wildman–Crippen MR) is 80.0 cm³/mol. The van der Waals surface area contributed by atoms with Crippen molar-refractivity contribution < 1.29 is 4.74 Å². The third-order valence-electron chi connectivity index (χ3n) is 3.41. The molecule has 0 bridgehead atoms. The Hall–Kier alpha value is -0.390. The molecule has 1 saturated heterocycles. The molecule has 1 heterocycles. The van der Waals surface area contributed by atoms with Crippen LogP contribution in [-0.2, 0) is 4.74 Å². The van der Waals surface area contributed by atoms with Crippen LogP contribution in [0.1, 0.15) is 33.1 Å². The smallest absolute Gasteiger partial charge is 0.166 e. The second-order valence-electron chi connectivity index (χ2n) is 5.15.